The van der Waals surface area contributed by atoms with Gasteiger partial charge in [-0.1, -0.05) is 41.9 Å². The molecule has 2 aromatic carbocycles. The lowest BCUT2D eigenvalue weighted by Gasteiger charge is -2.17. The van der Waals surface area contributed by atoms with Crippen LogP contribution in [0.15, 0.2) is 53.5 Å². The number of amides is 2. The third kappa shape index (κ3) is 6.91. The van der Waals surface area contributed by atoms with Crippen LogP contribution >= 0.6 is 11.6 Å². The second-order valence-electron chi connectivity index (χ2n) is 5.90. The Kier molecular flexibility index (Phi) is 8.13. The van der Waals surface area contributed by atoms with Crippen LogP contribution in [0.2, 0.25) is 5.02 Å². The summed E-state index contributed by atoms with van der Waals surface area (Å²) in [5, 5.41) is 14.5. The standard InChI is InChI=1S/C19H20ClN5O4/c20-14-7-6-13(8-16(14)23-11-24-21)19(29)22-10-17(26)25-15(9-18(27)28)12-4-2-1-3-5-12/h1-8,11,15H,9-10,21H2,(H,22,29)(H,23,24)(H,25,26)(H,27,28). The molecule has 0 aliphatic rings. The molecule has 0 saturated carbocycles. The van der Waals surface area contributed by atoms with Crippen molar-refractivity contribution in [2.75, 3.05) is 6.54 Å². The maximum Gasteiger partial charge on any atom is 0.305 e. The van der Waals surface area contributed by atoms with Crippen LogP contribution in [0.3, 0.4) is 0 Å². The molecule has 2 amide bonds. The van der Waals surface area contributed by atoms with E-state index < -0.39 is 23.8 Å². The fourth-order valence-electron chi connectivity index (χ4n) is 2.48. The molecule has 29 heavy (non-hydrogen) atoms. The average molecular weight is 418 g/mol. The van der Waals surface area contributed by atoms with Gasteiger partial charge in [0.2, 0.25) is 5.91 Å². The first-order chi connectivity index (χ1) is 13.9. The Morgan fingerprint density at radius 3 is 2.55 bits per heavy atom. The van der Waals surface area contributed by atoms with Gasteiger partial charge in [-0.3, -0.25) is 14.4 Å². The lowest BCUT2D eigenvalue weighted by atomic mass is 10.0. The molecule has 1 atom stereocenters. The van der Waals surface area contributed by atoms with Gasteiger partial charge in [-0.2, -0.15) is 0 Å². The summed E-state index contributed by atoms with van der Waals surface area (Å²) in [6.07, 6.45) is 0.930. The number of halogens is 1. The molecule has 6 N–H and O–H groups in total. The third-order valence-corrected chi connectivity index (χ3v) is 4.13. The van der Waals surface area contributed by atoms with E-state index in [1.807, 2.05) is 0 Å². The van der Waals surface area contributed by atoms with Gasteiger partial charge in [-0.25, -0.2) is 10.8 Å². The Hall–Kier alpha value is -3.43. The van der Waals surface area contributed by atoms with E-state index in [0.29, 0.717) is 16.3 Å². The van der Waals surface area contributed by atoms with E-state index in [-0.39, 0.29) is 18.5 Å². The minimum Gasteiger partial charge on any atom is -0.481 e. The summed E-state index contributed by atoms with van der Waals surface area (Å²) in [7, 11) is 0. The summed E-state index contributed by atoms with van der Waals surface area (Å²) < 4.78 is 0. The minimum atomic E-state index is -1.05. The SMILES string of the molecule is NNC=Nc1cc(C(=O)NCC(=O)NC(CC(=O)O)c2ccccc2)ccc1Cl. The quantitative estimate of drug-likeness (QED) is 0.181. The predicted octanol–water partition coefficient (Wildman–Crippen LogP) is 1.53. The van der Waals surface area contributed by atoms with Crippen LogP contribution in [0.5, 0.6) is 0 Å². The van der Waals surface area contributed by atoms with Gasteiger partial charge < -0.3 is 21.2 Å². The van der Waals surface area contributed by atoms with Crippen LogP contribution in [0.25, 0.3) is 0 Å². The van der Waals surface area contributed by atoms with E-state index in [0.717, 1.165) is 0 Å². The van der Waals surface area contributed by atoms with Gasteiger partial charge in [0.05, 0.1) is 29.7 Å². The van der Waals surface area contributed by atoms with Gasteiger partial charge in [-0.05, 0) is 23.8 Å². The summed E-state index contributed by atoms with van der Waals surface area (Å²) in [6.45, 7) is -0.326. The van der Waals surface area contributed by atoms with Crippen LogP contribution < -0.4 is 21.9 Å². The van der Waals surface area contributed by atoms with Gasteiger partial charge in [0, 0.05) is 5.56 Å². The lowest BCUT2D eigenvalue weighted by Crippen LogP contribution is -2.39. The van der Waals surface area contributed by atoms with E-state index in [4.69, 9.17) is 22.6 Å². The largest absolute Gasteiger partial charge is 0.481 e. The molecular formula is C19H20ClN5O4. The molecule has 0 spiro atoms. The number of nitrogens with one attached hydrogen (secondary N) is 3. The van der Waals surface area contributed by atoms with Crippen molar-refractivity contribution in [2.24, 2.45) is 10.8 Å². The van der Waals surface area contributed by atoms with Crippen molar-refractivity contribution in [2.45, 2.75) is 12.5 Å². The number of aliphatic carboxylic acids is 1. The molecule has 0 aliphatic carbocycles. The topological polar surface area (TPSA) is 146 Å². The number of carboxylic acid groups (broad SMARTS) is 1. The van der Waals surface area contributed by atoms with Crippen molar-refractivity contribution in [3.63, 3.8) is 0 Å². The Balaban J connectivity index is 1.99. The van der Waals surface area contributed by atoms with Gasteiger partial charge in [0.1, 0.15) is 6.34 Å². The molecule has 0 heterocycles. The van der Waals surface area contributed by atoms with Gasteiger partial charge in [0.15, 0.2) is 0 Å². The van der Waals surface area contributed by atoms with Crippen molar-refractivity contribution >= 4 is 41.4 Å². The molecular weight excluding hydrogens is 398 g/mol. The molecule has 0 aliphatic heterocycles. The molecule has 9 nitrogen and oxygen atoms in total. The van der Waals surface area contributed by atoms with Gasteiger partial charge in [0.25, 0.3) is 5.91 Å². The highest BCUT2D eigenvalue weighted by Crippen LogP contribution is 2.25. The molecule has 0 radical (unpaired) electrons. The number of hydrazine groups is 1. The highest BCUT2D eigenvalue weighted by molar-refractivity contribution is 6.33. The van der Waals surface area contributed by atoms with E-state index in [2.05, 4.69) is 21.1 Å². The number of aliphatic imine (C=N–C) groups is 1. The Morgan fingerprint density at radius 1 is 1.17 bits per heavy atom. The number of carboxylic acids is 1. The number of hydrogen-bond acceptors (Lipinski definition) is 5. The molecule has 0 saturated heterocycles. The van der Waals surface area contributed by atoms with Crippen LogP contribution in [-0.4, -0.2) is 35.8 Å². The van der Waals surface area contributed by atoms with Gasteiger partial charge >= 0.3 is 5.97 Å². The van der Waals surface area contributed by atoms with Crippen LogP contribution in [0, 0.1) is 0 Å². The smallest absolute Gasteiger partial charge is 0.305 e. The zero-order chi connectivity index (χ0) is 21.2. The summed E-state index contributed by atoms with van der Waals surface area (Å²) >= 11 is 6.00. The molecule has 0 bridgehead atoms. The fourth-order valence-corrected chi connectivity index (χ4v) is 2.65. The maximum absolute atomic E-state index is 12.3. The summed E-state index contributed by atoms with van der Waals surface area (Å²) in [4.78, 5) is 39.6. The highest BCUT2D eigenvalue weighted by Gasteiger charge is 2.18. The van der Waals surface area contributed by atoms with Crippen molar-refractivity contribution in [3.8, 4) is 0 Å². The van der Waals surface area contributed by atoms with Crippen molar-refractivity contribution in [1.82, 2.24) is 16.1 Å². The first-order valence-corrected chi connectivity index (χ1v) is 8.91. The molecule has 2 rings (SSSR count). The second-order valence-corrected chi connectivity index (χ2v) is 6.31. The van der Waals surface area contributed by atoms with E-state index in [9.17, 15) is 14.4 Å². The number of carbonyl (C=O) groups excluding carboxylic acids is 2. The first-order valence-electron chi connectivity index (χ1n) is 8.53. The minimum absolute atomic E-state index is 0.247. The number of rotatable bonds is 9. The molecule has 0 fully saturated rings. The average Bonchev–Trinajstić information content (AvgIpc) is 2.71. The number of nitrogens with two attached hydrogens (primary N) is 1. The zero-order valence-corrected chi connectivity index (χ0v) is 16.0. The summed E-state index contributed by atoms with van der Waals surface area (Å²) in [6, 6.07) is 12.4. The fraction of sp³-hybridized carbons (Fsp3) is 0.158. The maximum atomic E-state index is 12.3. The monoisotopic (exact) mass is 417 g/mol. The molecule has 152 valence electrons. The van der Waals surface area contributed by atoms with Crippen LogP contribution in [0.4, 0.5) is 5.69 Å². The number of benzene rings is 2. The highest BCUT2D eigenvalue weighted by atomic mass is 35.5. The van der Waals surface area contributed by atoms with Gasteiger partial charge in [-0.15, -0.1) is 0 Å². The summed E-state index contributed by atoms with van der Waals surface area (Å²) in [5.74, 6) is 3.03. The molecule has 2 aromatic rings. The third-order valence-electron chi connectivity index (χ3n) is 3.81. The lowest BCUT2D eigenvalue weighted by molar-refractivity contribution is -0.137. The second kappa shape index (κ2) is 10.8. The Morgan fingerprint density at radius 2 is 1.90 bits per heavy atom. The molecule has 0 aromatic heterocycles. The Labute approximate surface area is 171 Å². The Bertz CT molecular complexity index is 905. The number of hydrogen-bond donors (Lipinski definition) is 5. The predicted molar refractivity (Wildman–Crippen MR) is 109 cm³/mol. The first kappa shape index (κ1) is 21.9. The van der Waals surface area contributed by atoms with Crippen molar-refractivity contribution < 1.29 is 19.5 Å². The molecule has 10 heteroatoms. The summed E-state index contributed by atoms with van der Waals surface area (Å²) in [5.41, 5.74) is 3.46. The van der Waals surface area contributed by atoms with E-state index >= 15 is 0 Å². The normalized spacial score (nSPS) is 11.7. The van der Waals surface area contributed by atoms with E-state index in [1.165, 1.54) is 24.5 Å². The van der Waals surface area contributed by atoms with Crippen molar-refractivity contribution in [3.05, 3.63) is 64.7 Å². The van der Waals surface area contributed by atoms with E-state index in [1.54, 1.807) is 30.3 Å². The number of nitrogens with zero attached hydrogens (tertiary/aromatic N) is 1. The zero-order valence-electron chi connectivity index (χ0n) is 15.3. The molecule has 1 unspecified atom stereocenters. The van der Waals surface area contributed by atoms with Crippen molar-refractivity contribution in [1.29, 1.82) is 0 Å². The van der Waals surface area contributed by atoms with Crippen LogP contribution in [0.1, 0.15) is 28.4 Å². The number of carbonyl (C=O) groups is 3. The van der Waals surface area contributed by atoms with Crippen LogP contribution in [-0.2, 0) is 9.59 Å².